The molecule has 0 fully saturated rings. The number of benzene rings is 2. The van der Waals surface area contributed by atoms with E-state index in [-0.39, 0.29) is 24.2 Å². The molecule has 2 aromatic carbocycles. The second-order valence-corrected chi connectivity index (χ2v) is 7.45. The van der Waals surface area contributed by atoms with E-state index in [0.717, 1.165) is 21.8 Å². The van der Waals surface area contributed by atoms with Gasteiger partial charge in [-0.25, -0.2) is 9.78 Å². The number of esters is 1. The summed E-state index contributed by atoms with van der Waals surface area (Å²) < 4.78 is 46.9. The molecule has 1 atom stereocenters. The number of alkyl halides is 3. The van der Waals surface area contributed by atoms with Gasteiger partial charge in [-0.2, -0.15) is 13.2 Å². The van der Waals surface area contributed by atoms with Crippen molar-refractivity contribution in [1.29, 1.82) is 0 Å². The molecule has 0 aliphatic heterocycles. The molecule has 0 saturated carbocycles. The van der Waals surface area contributed by atoms with Crippen molar-refractivity contribution in [2.24, 2.45) is 0 Å². The summed E-state index contributed by atoms with van der Waals surface area (Å²) >= 11 is 0. The highest BCUT2D eigenvalue weighted by Gasteiger charge is 2.32. The van der Waals surface area contributed by atoms with Gasteiger partial charge in [0.25, 0.3) is 0 Å². The Morgan fingerprint density at radius 3 is 2.60 bits per heavy atom. The molecule has 4 rings (SSSR count). The van der Waals surface area contributed by atoms with E-state index in [1.165, 1.54) is 12.1 Å². The third kappa shape index (κ3) is 3.65. The molecule has 0 aliphatic carbocycles. The number of carbonyl (C=O) groups is 1. The van der Waals surface area contributed by atoms with E-state index < -0.39 is 17.7 Å². The lowest BCUT2D eigenvalue weighted by Gasteiger charge is -2.13. The van der Waals surface area contributed by atoms with Gasteiger partial charge in [-0.1, -0.05) is 30.3 Å². The first kappa shape index (κ1) is 20.4. The van der Waals surface area contributed by atoms with Crippen molar-refractivity contribution >= 4 is 42.3 Å². The minimum atomic E-state index is -4.43. The number of halogens is 3. The number of ether oxygens (including phenoxy) is 1. The first-order chi connectivity index (χ1) is 14.3. The fourth-order valence-corrected chi connectivity index (χ4v) is 3.91. The first-order valence-corrected chi connectivity index (χ1v) is 9.87. The third-order valence-corrected chi connectivity index (χ3v) is 5.41. The molecule has 1 unspecified atom stereocenters. The molecular weight excluding hydrogens is 412 g/mol. The minimum Gasteiger partial charge on any atom is -0.461 e. The van der Waals surface area contributed by atoms with Crippen LogP contribution in [-0.2, 0) is 17.5 Å². The maximum Gasteiger partial charge on any atom is 0.417 e. The van der Waals surface area contributed by atoms with Gasteiger partial charge in [0.2, 0.25) is 0 Å². The smallest absolute Gasteiger partial charge is 0.417 e. The van der Waals surface area contributed by atoms with Gasteiger partial charge in [0.05, 0.1) is 23.9 Å². The van der Waals surface area contributed by atoms with Crippen molar-refractivity contribution in [2.45, 2.75) is 19.6 Å². The third-order valence-electron chi connectivity index (χ3n) is 4.91. The second kappa shape index (κ2) is 7.73. The van der Waals surface area contributed by atoms with Crippen molar-refractivity contribution in [3.05, 3.63) is 71.5 Å². The number of rotatable bonds is 4. The Bertz CT molecular complexity index is 1260. The Morgan fingerprint density at radius 2 is 1.87 bits per heavy atom. The van der Waals surface area contributed by atoms with Gasteiger partial charge in [-0.15, -0.1) is 9.24 Å². The summed E-state index contributed by atoms with van der Waals surface area (Å²) in [6, 6.07) is 13.5. The average Bonchev–Trinajstić information content (AvgIpc) is 3.02. The standard InChI is InChI=1S/C22H18F3N2O2P/c1-2-29-21(28)17-10-15-14-5-3-4-6-18(14)27(19(15)11-26-17)12-13-7-8-20(30)16(9-13)22(23,24)25/h3-11H,2,12,30H2,1H3. The topological polar surface area (TPSA) is 44.1 Å². The van der Waals surface area contributed by atoms with Crippen LogP contribution in [0.1, 0.15) is 28.5 Å². The lowest BCUT2D eigenvalue weighted by atomic mass is 10.1. The fourth-order valence-electron chi connectivity index (χ4n) is 3.56. The molecule has 4 nitrogen and oxygen atoms in total. The van der Waals surface area contributed by atoms with Crippen molar-refractivity contribution < 1.29 is 22.7 Å². The van der Waals surface area contributed by atoms with Gasteiger partial charge in [-0.05, 0) is 36.0 Å². The summed E-state index contributed by atoms with van der Waals surface area (Å²) in [5, 5.41) is 1.79. The summed E-state index contributed by atoms with van der Waals surface area (Å²) in [6.45, 7) is 2.20. The van der Waals surface area contributed by atoms with Gasteiger partial charge < -0.3 is 9.30 Å². The molecule has 30 heavy (non-hydrogen) atoms. The first-order valence-electron chi connectivity index (χ1n) is 9.29. The van der Waals surface area contributed by atoms with Crippen LogP contribution in [0.25, 0.3) is 21.8 Å². The minimum absolute atomic E-state index is 0.106. The molecule has 2 aromatic heterocycles. The molecule has 154 valence electrons. The van der Waals surface area contributed by atoms with Crippen LogP contribution in [0.5, 0.6) is 0 Å². The van der Waals surface area contributed by atoms with Crippen molar-refractivity contribution in [2.75, 3.05) is 6.61 Å². The van der Waals surface area contributed by atoms with Crippen LogP contribution in [0, 0.1) is 0 Å². The predicted octanol–water partition coefficient (Wildman–Crippen LogP) is 4.93. The van der Waals surface area contributed by atoms with Crippen LogP contribution < -0.4 is 5.30 Å². The summed E-state index contributed by atoms with van der Waals surface area (Å²) in [4.78, 5) is 16.3. The molecule has 0 bridgehead atoms. The number of pyridine rings is 1. The van der Waals surface area contributed by atoms with Gasteiger partial charge >= 0.3 is 12.1 Å². The second-order valence-electron chi connectivity index (χ2n) is 6.83. The van der Waals surface area contributed by atoms with Crippen LogP contribution in [0.15, 0.2) is 54.7 Å². The molecular formula is C22H18F3N2O2P. The molecule has 8 heteroatoms. The molecule has 4 aromatic rings. The number of para-hydroxylation sites is 1. The number of hydrogen-bond acceptors (Lipinski definition) is 3. The monoisotopic (exact) mass is 430 g/mol. The van der Waals surface area contributed by atoms with E-state index in [9.17, 15) is 18.0 Å². The number of fused-ring (bicyclic) bond motifs is 3. The molecule has 0 amide bonds. The van der Waals surface area contributed by atoms with Crippen molar-refractivity contribution in [3.8, 4) is 0 Å². The van der Waals surface area contributed by atoms with Gasteiger partial charge in [0.15, 0.2) is 0 Å². The number of nitrogens with zero attached hydrogens (tertiary/aromatic N) is 2. The molecule has 0 aliphatic rings. The summed E-state index contributed by atoms with van der Waals surface area (Å²) in [6.07, 6.45) is -2.86. The Balaban J connectivity index is 1.86. The maximum atomic E-state index is 13.3. The van der Waals surface area contributed by atoms with Gasteiger partial charge in [0.1, 0.15) is 5.69 Å². The van der Waals surface area contributed by atoms with E-state index >= 15 is 0 Å². The van der Waals surface area contributed by atoms with Crippen LogP contribution in [-0.4, -0.2) is 22.1 Å². The van der Waals surface area contributed by atoms with Crippen molar-refractivity contribution in [1.82, 2.24) is 9.55 Å². The molecule has 0 radical (unpaired) electrons. The molecule has 0 saturated heterocycles. The number of aromatic nitrogens is 2. The summed E-state index contributed by atoms with van der Waals surface area (Å²) in [7, 11) is 2.13. The van der Waals surface area contributed by atoms with E-state index in [0.29, 0.717) is 5.56 Å². The average molecular weight is 430 g/mol. The lowest BCUT2D eigenvalue weighted by Crippen LogP contribution is -2.15. The summed E-state index contributed by atoms with van der Waals surface area (Å²) in [5.41, 5.74) is 1.62. The van der Waals surface area contributed by atoms with Crippen LogP contribution >= 0.6 is 9.24 Å². The van der Waals surface area contributed by atoms with Crippen molar-refractivity contribution in [3.63, 3.8) is 0 Å². The molecule has 2 heterocycles. The normalized spacial score (nSPS) is 11.9. The summed E-state index contributed by atoms with van der Waals surface area (Å²) in [5.74, 6) is -0.512. The van der Waals surface area contributed by atoms with Gasteiger partial charge in [0, 0.05) is 22.8 Å². The molecule has 0 spiro atoms. The van der Waals surface area contributed by atoms with E-state index in [2.05, 4.69) is 14.2 Å². The van der Waals surface area contributed by atoms with Crippen LogP contribution in [0.3, 0.4) is 0 Å². The Hall–Kier alpha value is -2.92. The lowest BCUT2D eigenvalue weighted by molar-refractivity contribution is -0.136. The number of hydrogen-bond donors (Lipinski definition) is 0. The Morgan fingerprint density at radius 1 is 1.10 bits per heavy atom. The highest BCUT2D eigenvalue weighted by molar-refractivity contribution is 7.27. The SMILES string of the molecule is CCOC(=O)c1cc2c3ccccc3n(Cc3ccc(P)c(C(F)(F)F)c3)c2cn1. The quantitative estimate of drug-likeness (QED) is 0.341. The zero-order valence-corrected chi connectivity index (χ0v) is 17.2. The zero-order chi connectivity index (χ0) is 21.5. The van der Waals surface area contributed by atoms with Gasteiger partial charge in [-0.3, -0.25) is 0 Å². The highest BCUT2D eigenvalue weighted by Crippen LogP contribution is 2.32. The predicted molar refractivity (Wildman–Crippen MR) is 113 cm³/mol. The maximum absolute atomic E-state index is 13.3. The molecule has 0 N–H and O–H groups in total. The van der Waals surface area contributed by atoms with E-state index in [1.807, 2.05) is 28.8 Å². The zero-order valence-electron chi connectivity index (χ0n) is 16.0. The Kier molecular flexibility index (Phi) is 5.24. The highest BCUT2D eigenvalue weighted by atomic mass is 31.0. The van der Waals surface area contributed by atoms with E-state index in [1.54, 1.807) is 25.3 Å². The Labute approximate surface area is 172 Å². The van der Waals surface area contributed by atoms with Crippen LogP contribution in [0.2, 0.25) is 0 Å². The number of carbonyl (C=O) groups excluding carboxylic acids is 1. The largest absolute Gasteiger partial charge is 0.461 e. The van der Waals surface area contributed by atoms with Crippen LogP contribution in [0.4, 0.5) is 13.2 Å². The van der Waals surface area contributed by atoms with E-state index in [4.69, 9.17) is 4.74 Å². The fraction of sp³-hybridized carbons (Fsp3) is 0.182.